The van der Waals surface area contributed by atoms with Gasteiger partial charge in [-0.2, -0.15) is 0 Å². The molecule has 0 bridgehead atoms. The van der Waals surface area contributed by atoms with Gasteiger partial charge in [-0.05, 0) is 39.0 Å². The highest BCUT2D eigenvalue weighted by Gasteiger charge is 2.24. The molecule has 1 saturated heterocycles. The molecule has 98 valence electrons. The number of aliphatic imine (C=N–C) groups is 1. The van der Waals surface area contributed by atoms with Gasteiger partial charge in [0.05, 0.1) is 0 Å². The molecule has 2 amide bonds. The van der Waals surface area contributed by atoms with Gasteiger partial charge < -0.3 is 0 Å². The molecular weight excluding hydrogens is 228 g/mol. The monoisotopic (exact) mass is 248 g/mol. The predicted molar refractivity (Wildman–Crippen MR) is 72.3 cm³/mol. The van der Waals surface area contributed by atoms with Crippen molar-refractivity contribution in [3.8, 4) is 0 Å². The van der Waals surface area contributed by atoms with E-state index in [9.17, 15) is 9.59 Å². The highest BCUT2D eigenvalue weighted by Crippen LogP contribution is 2.14. The number of carbonyl (C=O) groups is 2. The highest BCUT2D eigenvalue weighted by molar-refractivity contribution is 5.97. The van der Waals surface area contributed by atoms with Crippen LogP contribution >= 0.6 is 0 Å². The zero-order valence-corrected chi connectivity index (χ0v) is 10.9. The van der Waals surface area contributed by atoms with Gasteiger partial charge in [-0.25, -0.2) is 0 Å². The van der Waals surface area contributed by atoms with Gasteiger partial charge in [0.1, 0.15) is 0 Å². The fourth-order valence-corrected chi connectivity index (χ4v) is 1.89. The Morgan fingerprint density at radius 2 is 2.06 bits per heavy atom. The Morgan fingerprint density at radius 1 is 1.39 bits per heavy atom. The molecule has 0 unspecified atom stereocenters. The predicted octanol–water partition coefficient (Wildman–Crippen LogP) is 2.47. The highest BCUT2D eigenvalue weighted by atomic mass is 16.2. The lowest BCUT2D eigenvalue weighted by Crippen LogP contribution is -2.40. The zero-order chi connectivity index (χ0) is 13.4. The Hall–Kier alpha value is -1.71. The van der Waals surface area contributed by atoms with Crippen molar-refractivity contribution in [1.29, 1.82) is 0 Å². The van der Waals surface area contributed by atoms with Crippen molar-refractivity contribution in [2.24, 2.45) is 4.99 Å². The largest absolute Gasteiger partial charge is 0.283 e. The molecule has 1 rings (SSSR count). The summed E-state index contributed by atoms with van der Waals surface area (Å²) < 4.78 is 0. The lowest BCUT2D eigenvalue weighted by Gasteiger charge is -2.24. The third kappa shape index (κ3) is 4.28. The molecule has 0 aromatic carbocycles. The van der Waals surface area contributed by atoms with E-state index in [1.807, 2.05) is 25.2 Å². The minimum atomic E-state index is -0.0446. The van der Waals surface area contributed by atoms with Crippen LogP contribution in [0.2, 0.25) is 0 Å². The summed E-state index contributed by atoms with van der Waals surface area (Å²) in [6.07, 6.45) is 8.86. The van der Waals surface area contributed by atoms with E-state index < -0.39 is 0 Å². The quantitative estimate of drug-likeness (QED) is 0.412. The number of rotatable bonds is 6. The molecule has 0 spiro atoms. The molecule has 0 aliphatic carbocycles. The number of hydrogen-bond acceptors (Lipinski definition) is 3. The van der Waals surface area contributed by atoms with E-state index in [0.29, 0.717) is 25.8 Å². The van der Waals surface area contributed by atoms with Crippen LogP contribution in [0.25, 0.3) is 0 Å². The van der Waals surface area contributed by atoms with E-state index in [0.717, 1.165) is 18.5 Å². The second-order valence-electron chi connectivity index (χ2n) is 4.24. The van der Waals surface area contributed by atoms with Gasteiger partial charge in [0, 0.05) is 25.1 Å². The molecule has 1 fully saturated rings. The van der Waals surface area contributed by atoms with Crippen molar-refractivity contribution >= 4 is 18.5 Å². The number of carbonyl (C=O) groups excluding carboxylic acids is 2. The summed E-state index contributed by atoms with van der Waals surface area (Å²) in [7, 11) is 0. The summed E-state index contributed by atoms with van der Waals surface area (Å²) in [6.45, 7) is 5.93. The van der Waals surface area contributed by atoms with Crippen molar-refractivity contribution in [2.75, 3.05) is 6.54 Å². The summed E-state index contributed by atoms with van der Waals surface area (Å²) in [5.74, 6) is -0.0893. The lowest BCUT2D eigenvalue weighted by molar-refractivity contribution is -0.147. The van der Waals surface area contributed by atoms with Crippen molar-refractivity contribution in [2.45, 2.75) is 39.0 Å². The van der Waals surface area contributed by atoms with Gasteiger partial charge >= 0.3 is 0 Å². The molecule has 0 aromatic rings. The van der Waals surface area contributed by atoms with Crippen LogP contribution in [0.15, 0.2) is 28.9 Å². The van der Waals surface area contributed by atoms with Gasteiger partial charge in [-0.15, -0.1) is 0 Å². The molecule has 1 heterocycles. The first-order valence-corrected chi connectivity index (χ1v) is 6.30. The zero-order valence-electron chi connectivity index (χ0n) is 10.9. The van der Waals surface area contributed by atoms with Crippen LogP contribution in [0.3, 0.4) is 0 Å². The average Bonchev–Trinajstić information content (AvgIpc) is 2.36. The first-order chi connectivity index (χ1) is 8.69. The van der Waals surface area contributed by atoms with Gasteiger partial charge in [-0.3, -0.25) is 19.5 Å². The van der Waals surface area contributed by atoms with Crippen LogP contribution in [-0.2, 0) is 9.59 Å². The summed E-state index contributed by atoms with van der Waals surface area (Å²) in [5, 5.41) is 0. The molecule has 0 radical (unpaired) electrons. The number of piperidine rings is 1. The van der Waals surface area contributed by atoms with Gasteiger partial charge in [0.2, 0.25) is 11.8 Å². The van der Waals surface area contributed by atoms with E-state index in [1.54, 1.807) is 0 Å². The number of amides is 2. The maximum atomic E-state index is 11.6. The lowest BCUT2D eigenvalue weighted by atomic mass is 10.1. The van der Waals surface area contributed by atoms with Gasteiger partial charge in [0.15, 0.2) is 0 Å². The van der Waals surface area contributed by atoms with Crippen LogP contribution in [0.4, 0.5) is 0 Å². The van der Waals surface area contributed by atoms with Gasteiger partial charge in [-0.1, -0.05) is 12.2 Å². The molecule has 4 heteroatoms. The standard InChI is InChI=1S/C14H20N2O2/c1-3-4-7-12(15-2)8-6-11-16-13(17)9-5-10-14(16)18/h3-4,7H,2,5-6,8-11H2,1H3/b4-3-,12-7-. The van der Waals surface area contributed by atoms with Crippen molar-refractivity contribution in [1.82, 2.24) is 4.90 Å². The topological polar surface area (TPSA) is 49.7 Å². The summed E-state index contributed by atoms with van der Waals surface area (Å²) in [4.78, 5) is 28.4. The molecule has 0 saturated carbocycles. The van der Waals surface area contributed by atoms with E-state index in [1.165, 1.54) is 4.90 Å². The number of allylic oxidation sites excluding steroid dienone is 4. The van der Waals surface area contributed by atoms with E-state index >= 15 is 0 Å². The molecule has 0 N–H and O–H groups in total. The molecule has 1 aliphatic heterocycles. The van der Waals surface area contributed by atoms with Crippen molar-refractivity contribution < 1.29 is 9.59 Å². The minimum Gasteiger partial charge on any atom is -0.283 e. The molecule has 0 aromatic heterocycles. The second-order valence-corrected chi connectivity index (χ2v) is 4.24. The summed E-state index contributed by atoms with van der Waals surface area (Å²) in [6, 6.07) is 0. The normalized spacial score (nSPS) is 17.6. The van der Waals surface area contributed by atoms with Crippen LogP contribution < -0.4 is 0 Å². The Labute approximate surface area is 108 Å². The van der Waals surface area contributed by atoms with Crippen molar-refractivity contribution in [3.63, 3.8) is 0 Å². The molecule has 18 heavy (non-hydrogen) atoms. The molecule has 0 atom stereocenters. The van der Waals surface area contributed by atoms with Crippen molar-refractivity contribution in [3.05, 3.63) is 23.9 Å². The van der Waals surface area contributed by atoms with Gasteiger partial charge in [0.25, 0.3) is 0 Å². The van der Waals surface area contributed by atoms with E-state index in [4.69, 9.17) is 0 Å². The smallest absolute Gasteiger partial charge is 0.229 e. The third-order valence-electron chi connectivity index (χ3n) is 2.88. The Morgan fingerprint density at radius 3 is 2.61 bits per heavy atom. The molecule has 1 aliphatic rings. The molecular formula is C14H20N2O2. The maximum absolute atomic E-state index is 11.6. The van der Waals surface area contributed by atoms with E-state index in [2.05, 4.69) is 11.7 Å². The third-order valence-corrected chi connectivity index (χ3v) is 2.88. The minimum absolute atomic E-state index is 0.0446. The maximum Gasteiger partial charge on any atom is 0.229 e. The number of imide groups is 1. The Kier molecular flexibility index (Phi) is 6.05. The molecule has 4 nitrogen and oxygen atoms in total. The number of hydrogen-bond donors (Lipinski definition) is 0. The van der Waals surface area contributed by atoms with E-state index in [-0.39, 0.29) is 11.8 Å². The summed E-state index contributed by atoms with van der Waals surface area (Å²) in [5.41, 5.74) is 0.880. The fraction of sp³-hybridized carbons (Fsp3) is 0.500. The second kappa shape index (κ2) is 7.58. The summed E-state index contributed by atoms with van der Waals surface area (Å²) >= 11 is 0. The number of likely N-dealkylation sites (tertiary alicyclic amines) is 1. The fourth-order valence-electron chi connectivity index (χ4n) is 1.89. The van der Waals surface area contributed by atoms with Crippen LogP contribution in [0, 0.1) is 0 Å². The average molecular weight is 248 g/mol. The number of nitrogens with zero attached hydrogens (tertiary/aromatic N) is 2. The first-order valence-electron chi connectivity index (χ1n) is 6.30. The Balaban J connectivity index is 2.42. The Bertz CT molecular complexity index is 367. The van der Waals surface area contributed by atoms with Crippen LogP contribution in [0.5, 0.6) is 0 Å². The van der Waals surface area contributed by atoms with Crippen LogP contribution in [-0.4, -0.2) is 30.0 Å². The first kappa shape index (κ1) is 14.4. The SMILES string of the molecule is C=N/C(=C\C=C/C)CCCN1C(=O)CCCC1=O. The van der Waals surface area contributed by atoms with Crippen LogP contribution in [0.1, 0.15) is 39.0 Å².